The number of imidazole rings is 1. The molecule has 0 atom stereocenters. The van der Waals surface area contributed by atoms with Crippen LogP contribution in [0.2, 0.25) is 5.02 Å². The first-order valence-electron chi connectivity index (χ1n) is 14.4. The highest BCUT2D eigenvalue weighted by Gasteiger charge is 2.38. The van der Waals surface area contributed by atoms with E-state index in [1.807, 2.05) is 34.3 Å². The molecule has 2 amide bonds. The third-order valence-corrected chi connectivity index (χ3v) is 7.79. The number of carbonyl (C=O) groups excluding carboxylic acids is 1. The Labute approximate surface area is 278 Å². The Kier molecular flexibility index (Phi) is 12.9. The van der Waals surface area contributed by atoms with E-state index in [0.29, 0.717) is 23.8 Å². The number of aryl methyl sites for hydroxylation is 1. The molecule has 2 heterocycles. The minimum absolute atomic E-state index is 0.185. The molecule has 5 rings (SSSR count). The van der Waals surface area contributed by atoms with Crippen LogP contribution in [0.1, 0.15) is 23.2 Å². The van der Waals surface area contributed by atoms with Crippen molar-refractivity contribution in [3.05, 3.63) is 125 Å². The molecular formula is C33H32ClF3N6O3S. The van der Waals surface area contributed by atoms with Crippen LogP contribution in [-0.2, 0) is 31.0 Å². The number of alkyl halides is 3. The van der Waals surface area contributed by atoms with Gasteiger partial charge in [0.25, 0.3) is 0 Å². The van der Waals surface area contributed by atoms with Crippen molar-refractivity contribution in [1.82, 2.24) is 24.8 Å². The maximum atomic E-state index is 13.2. The number of aliphatic carboxylic acids is 1. The van der Waals surface area contributed by atoms with Gasteiger partial charge in [0.05, 0.1) is 18.6 Å². The summed E-state index contributed by atoms with van der Waals surface area (Å²) in [6.07, 6.45) is 1.17. The van der Waals surface area contributed by atoms with Crippen LogP contribution in [0.5, 0.6) is 0 Å². The number of urea groups is 1. The maximum Gasteiger partial charge on any atom is 0.490 e. The molecule has 246 valence electrons. The Balaban J connectivity index is 0.000000644. The Morgan fingerprint density at radius 3 is 2.32 bits per heavy atom. The standard InChI is InChI=1S/C31H31ClN6OS.C2HF3O2/c32-27-8-4-9-28(18-27)36-31(39)38(16-5-15-37-17-14-33-23-37)21-29-22-40-30(35-29)26-12-10-25(11-13-26)20-34-19-24-6-2-1-3-7-24;3-2(4,5)1(6)7/h1-4,6-14,17-18,22-23,34H,5,15-16,19-21H2,(H,36,39);(H,6,7). The predicted molar refractivity (Wildman–Crippen MR) is 176 cm³/mol. The normalized spacial score (nSPS) is 11.0. The van der Waals surface area contributed by atoms with E-state index in [4.69, 9.17) is 26.5 Å². The lowest BCUT2D eigenvalue weighted by molar-refractivity contribution is -0.192. The molecular weight excluding hydrogens is 653 g/mol. The van der Waals surface area contributed by atoms with E-state index < -0.39 is 12.1 Å². The summed E-state index contributed by atoms with van der Waals surface area (Å²) in [6.45, 7) is 3.39. The number of carboxylic acid groups (broad SMARTS) is 1. The third-order valence-electron chi connectivity index (χ3n) is 6.62. The highest BCUT2D eigenvalue weighted by Crippen LogP contribution is 2.25. The number of halogens is 4. The molecule has 0 spiro atoms. The van der Waals surface area contributed by atoms with Crippen LogP contribution in [0.25, 0.3) is 10.6 Å². The number of carboxylic acids is 1. The number of amides is 2. The highest BCUT2D eigenvalue weighted by molar-refractivity contribution is 7.13. The van der Waals surface area contributed by atoms with Gasteiger partial charge in [-0.05, 0) is 35.7 Å². The van der Waals surface area contributed by atoms with Crippen molar-refractivity contribution in [3.63, 3.8) is 0 Å². The van der Waals surface area contributed by atoms with Crippen molar-refractivity contribution in [1.29, 1.82) is 0 Å². The van der Waals surface area contributed by atoms with Gasteiger partial charge < -0.3 is 25.2 Å². The van der Waals surface area contributed by atoms with Gasteiger partial charge in [-0.1, -0.05) is 72.3 Å². The zero-order valence-corrected chi connectivity index (χ0v) is 26.6. The molecule has 0 aliphatic heterocycles. The van der Waals surface area contributed by atoms with Crippen LogP contribution >= 0.6 is 22.9 Å². The van der Waals surface area contributed by atoms with Crippen molar-refractivity contribution in [2.45, 2.75) is 38.8 Å². The number of nitrogens with zero attached hydrogens (tertiary/aromatic N) is 4. The Bertz CT molecular complexity index is 1700. The smallest absolute Gasteiger partial charge is 0.475 e. The fourth-order valence-electron chi connectivity index (χ4n) is 4.30. The first-order chi connectivity index (χ1) is 22.6. The predicted octanol–water partition coefficient (Wildman–Crippen LogP) is 7.71. The van der Waals surface area contributed by atoms with Gasteiger partial charge in [0, 0.05) is 60.2 Å². The molecule has 0 fully saturated rings. The van der Waals surface area contributed by atoms with Crippen LogP contribution in [0, 0.1) is 0 Å². The molecule has 3 aromatic carbocycles. The van der Waals surface area contributed by atoms with E-state index in [2.05, 4.69) is 64.1 Å². The Hall–Kier alpha value is -4.72. The van der Waals surface area contributed by atoms with E-state index in [-0.39, 0.29) is 6.03 Å². The number of carbonyl (C=O) groups is 2. The second-order valence-corrected chi connectivity index (χ2v) is 11.5. The summed E-state index contributed by atoms with van der Waals surface area (Å²) in [7, 11) is 0. The number of anilines is 1. The van der Waals surface area contributed by atoms with E-state index in [1.165, 1.54) is 11.1 Å². The van der Waals surface area contributed by atoms with E-state index >= 15 is 0 Å². The lowest BCUT2D eigenvalue weighted by Crippen LogP contribution is -2.35. The van der Waals surface area contributed by atoms with Crippen molar-refractivity contribution in [2.75, 3.05) is 11.9 Å². The van der Waals surface area contributed by atoms with Crippen LogP contribution in [0.15, 0.2) is 103 Å². The Morgan fingerprint density at radius 2 is 1.68 bits per heavy atom. The summed E-state index contributed by atoms with van der Waals surface area (Å²) < 4.78 is 33.7. The minimum Gasteiger partial charge on any atom is -0.475 e. The average Bonchev–Trinajstić information content (AvgIpc) is 3.74. The molecule has 47 heavy (non-hydrogen) atoms. The van der Waals surface area contributed by atoms with Crippen LogP contribution in [-0.4, -0.2) is 49.3 Å². The fraction of sp³-hybridized carbons (Fsp3) is 0.212. The van der Waals surface area contributed by atoms with Gasteiger partial charge in [-0.2, -0.15) is 13.2 Å². The zero-order chi connectivity index (χ0) is 33.6. The third kappa shape index (κ3) is 11.9. The van der Waals surface area contributed by atoms with Gasteiger partial charge in [0.2, 0.25) is 0 Å². The van der Waals surface area contributed by atoms with Crippen LogP contribution in [0.3, 0.4) is 0 Å². The largest absolute Gasteiger partial charge is 0.490 e. The van der Waals surface area contributed by atoms with Gasteiger partial charge in [0.15, 0.2) is 0 Å². The van der Waals surface area contributed by atoms with Crippen LogP contribution in [0.4, 0.5) is 23.7 Å². The fourth-order valence-corrected chi connectivity index (χ4v) is 5.31. The number of benzene rings is 3. The molecule has 0 saturated carbocycles. The van der Waals surface area contributed by atoms with Gasteiger partial charge in [-0.25, -0.2) is 19.6 Å². The first-order valence-corrected chi connectivity index (χ1v) is 15.7. The summed E-state index contributed by atoms with van der Waals surface area (Å²) in [5, 5.41) is 17.1. The van der Waals surface area contributed by atoms with E-state index in [0.717, 1.165) is 42.3 Å². The Morgan fingerprint density at radius 1 is 0.979 bits per heavy atom. The second kappa shape index (κ2) is 17.3. The van der Waals surface area contributed by atoms with Gasteiger partial charge in [-0.15, -0.1) is 11.3 Å². The monoisotopic (exact) mass is 684 g/mol. The SMILES string of the molecule is O=C(Nc1cccc(Cl)c1)N(CCCn1ccnc1)Cc1csc(-c2ccc(CNCc3ccccc3)cc2)n1.O=C(O)C(F)(F)F. The molecule has 5 aromatic rings. The van der Waals surface area contributed by atoms with E-state index in [1.54, 1.807) is 40.9 Å². The topological polar surface area (TPSA) is 112 Å². The van der Waals surface area contributed by atoms with Gasteiger partial charge in [0.1, 0.15) is 5.01 Å². The van der Waals surface area contributed by atoms with Crippen molar-refractivity contribution in [3.8, 4) is 10.6 Å². The zero-order valence-electron chi connectivity index (χ0n) is 25.0. The number of rotatable bonds is 12. The highest BCUT2D eigenvalue weighted by atomic mass is 35.5. The number of thiazole rings is 1. The second-order valence-electron chi connectivity index (χ2n) is 10.2. The van der Waals surface area contributed by atoms with Crippen molar-refractivity contribution in [2.24, 2.45) is 0 Å². The minimum atomic E-state index is -5.08. The summed E-state index contributed by atoms with van der Waals surface area (Å²) in [4.78, 5) is 32.9. The van der Waals surface area contributed by atoms with Crippen molar-refractivity contribution >= 4 is 40.6 Å². The number of nitrogens with one attached hydrogen (secondary N) is 2. The summed E-state index contributed by atoms with van der Waals surface area (Å²) >= 11 is 7.70. The lowest BCUT2D eigenvalue weighted by atomic mass is 10.1. The first kappa shape index (κ1) is 35.1. The summed E-state index contributed by atoms with van der Waals surface area (Å²) in [5.74, 6) is -2.76. The molecule has 0 saturated heterocycles. The lowest BCUT2D eigenvalue weighted by Gasteiger charge is -2.22. The quantitative estimate of drug-likeness (QED) is 0.124. The molecule has 2 aromatic heterocycles. The molecule has 9 nitrogen and oxygen atoms in total. The average molecular weight is 685 g/mol. The molecule has 0 unspecified atom stereocenters. The van der Waals surface area contributed by atoms with E-state index in [9.17, 15) is 18.0 Å². The van der Waals surface area contributed by atoms with Gasteiger partial charge in [-0.3, -0.25) is 0 Å². The number of aromatic nitrogens is 3. The summed E-state index contributed by atoms with van der Waals surface area (Å²) in [5.41, 5.74) is 5.08. The molecule has 14 heteroatoms. The molecule has 0 bridgehead atoms. The summed E-state index contributed by atoms with van der Waals surface area (Å²) in [6, 6.07) is 25.9. The molecule has 3 N–H and O–H groups in total. The van der Waals surface area contributed by atoms with Crippen molar-refractivity contribution < 1.29 is 27.9 Å². The molecule has 0 aliphatic rings. The van der Waals surface area contributed by atoms with Gasteiger partial charge >= 0.3 is 18.2 Å². The molecule has 0 aliphatic carbocycles. The number of hydrogen-bond donors (Lipinski definition) is 3. The molecule has 0 radical (unpaired) electrons. The maximum absolute atomic E-state index is 13.2. The number of hydrogen-bond acceptors (Lipinski definition) is 6. The van der Waals surface area contributed by atoms with Crippen LogP contribution < -0.4 is 10.6 Å².